The highest BCUT2D eigenvalue weighted by Gasteiger charge is 2.36. The second kappa shape index (κ2) is 7.75. The fourth-order valence-corrected chi connectivity index (χ4v) is 1.94. The van der Waals surface area contributed by atoms with E-state index in [0.29, 0.717) is 6.61 Å². The summed E-state index contributed by atoms with van der Waals surface area (Å²) in [5, 5.41) is 18.0. The van der Waals surface area contributed by atoms with Crippen LogP contribution < -0.4 is 5.48 Å². The number of carboxylic acid groups (broad SMARTS) is 2. The van der Waals surface area contributed by atoms with Gasteiger partial charge in [-0.05, 0) is 11.0 Å². The Bertz CT molecular complexity index is 472. The largest absolute Gasteiger partial charge is 0.481 e. The van der Waals surface area contributed by atoms with Crippen LogP contribution in [0.2, 0.25) is 0 Å². The van der Waals surface area contributed by atoms with Crippen molar-refractivity contribution in [2.24, 2.45) is 11.3 Å². The van der Waals surface area contributed by atoms with Crippen LogP contribution in [0.25, 0.3) is 0 Å². The summed E-state index contributed by atoms with van der Waals surface area (Å²) < 4.78 is 0. The highest BCUT2D eigenvalue weighted by atomic mass is 16.6. The van der Waals surface area contributed by atoms with Crippen LogP contribution in [0.15, 0.2) is 30.3 Å². The van der Waals surface area contributed by atoms with Crippen LogP contribution in [0.1, 0.15) is 25.8 Å². The summed E-state index contributed by atoms with van der Waals surface area (Å²) in [7, 11) is 0. The highest BCUT2D eigenvalue weighted by Crippen LogP contribution is 2.29. The molecular weight excluding hydrogens is 274 g/mol. The maximum Gasteiger partial charge on any atom is 0.307 e. The van der Waals surface area contributed by atoms with Gasteiger partial charge in [0.25, 0.3) is 0 Å². The molecule has 0 amide bonds. The molecule has 6 heteroatoms. The van der Waals surface area contributed by atoms with Crippen LogP contribution in [-0.4, -0.2) is 28.7 Å². The lowest BCUT2D eigenvalue weighted by atomic mass is 9.77. The fraction of sp³-hybridized carbons (Fsp3) is 0.467. The SMILES string of the molecule is CC(C)(CNOCc1ccccc1)C(CC(=O)O)C(=O)O. The second-order valence-corrected chi connectivity index (χ2v) is 5.57. The van der Waals surface area contributed by atoms with Crippen LogP contribution in [0.3, 0.4) is 0 Å². The summed E-state index contributed by atoms with van der Waals surface area (Å²) >= 11 is 0. The summed E-state index contributed by atoms with van der Waals surface area (Å²) in [6.07, 6.45) is -0.414. The van der Waals surface area contributed by atoms with Crippen molar-refractivity contribution in [1.29, 1.82) is 0 Å². The van der Waals surface area contributed by atoms with Crippen molar-refractivity contribution in [2.75, 3.05) is 6.54 Å². The molecule has 1 rings (SSSR count). The first-order valence-corrected chi connectivity index (χ1v) is 6.66. The van der Waals surface area contributed by atoms with Crippen molar-refractivity contribution in [3.05, 3.63) is 35.9 Å². The molecular formula is C15H21NO5. The van der Waals surface area contributed by atoms with Crippen molar-refractivity contribution in [2.45, 2.75) is 26.9 Å². The predicted molar refractivity (Wildman–Crippen MR) is 76.4 cm³/mol. The number of carbonyl (C=O) groups is 2. The Morgan fingerprint density at radius 1 is 1.24 bits per heavy atom. The Morgan fingerprint density at radius 2 is 1.86 bits per heavy atom. The number of benzene rings is 1. The summed E-state index contributed by atoms with van der Waals surface area (Å²) in [6, 6.07) is 9.53. The molecule has 3 N–H and O–H groups in total. The third-order valence-electron chi connectivity index (χ3n) is 3.33. The Kier molecular flexibility index (Phi) is 6.33. The third-order valence-corrected chi connectivity index (χ3v) is 3.33. The minimum absolute atomic E-state index is 0.240. The minimum atomic E-state index is -1.12. The lowest BCUT2D eigenvalue weighted by molar-refractivity contribution is -0.153. The van der Waals surface area contributed by atoms with Gasteiger partial charge in [-0.1, -0.05) is 44.2 Å². The van der Waals surface area contributed by atoms with Gasteiger partial charge in [-0.2, -0.15) is 0 Å². The molecule has 1 aromatic rings. The predicted octanol–water partition coefficient (Wildman–Crippen LogP) is 1.91. The van der Waals surface area contributed by atoms with E-state index in [1.807, 2.05) is 30.3 Å². The van der Waals surface area contributed by atoms with E-state index in [1.54, 1.807) is 13.8 Å². The standard InChI is InChI=1S/C15H21NO5/c1-15(2,12(14(19)20)8-13(17)18)10-16-21-9-11-6-4-3-5-7-11/h3-7,12,16H,8-10H2,1-2H3,(H,17,18)(H,19,20). The zero-order chi connectivity index (χ0) is 15.9. The van der Waals surface area contributed by atoms with E-state index < -0.39 is 29.7 Å². The molecule has 0 heterocycles. The van der Waals surface area contributed by atoms with Crippen LogP contribution in [0.5, 0.6) is 0 Å². The van der Waals surface area contributed by atoms with Crippen molar-refractivity contribution in [1.82, 2.24) is 5.48 Å². The van der Waals surface area contributed by atoms with Gasteiger partial charge in [-0.15, -0.1) is 0 Å². The van der Waals surface area contributed by atoms with Crippen molar-refractivity contribution in [3.8, 4) is 0 Å². The maximum absolute atomic E-state index is 11.2. The Hall–Kier alpha value is -1.92. The molecule has 116 valence electrons. The molecule has 0 aliphatic heterocycles. The van der Waals surface area contributed by atoms with Crippen molar-refractivity contribution >= 4 is 11.9 Å². The molecule has 0 fully saturated rings. The average Bonchev–Trinajstić information content (AvgIpc) is 2.41. The highest BCUT2D eigenvalue weighted by molar-refractivity contribution is 5.78. The van der Waals surface area contributed by atoms with Crippen molar-refractivity contribution < 1.29 is 24.6 Å². The molecule has 21 heavy (non-hydrogen) atoms. The number of carboxylic acids is 2. The molecule has 0 aliphatic carbocycles. The van der Waals surface area contributed by atoms with Gasteiger partial charge in [0.2, 0.25) is 0 Å². The quantitative estimate of drug-likeness (QED) is 0.476. The number of aliphatic carboxylic acids is 2. The normalized spacial score (nSPS) is 12.9. The summed E-state index contributed by atoms with van der Waals surface area (Å²) in [4.78, 5) is 27.3. The van der Waals surface area contributed by atoms with Gasteiger partial charge >= 0.3 is 11.9 Å². The topological polar surface area (TPSA) is 95.9 Å². The molecule has 0 saturated heterocycles. The molecule has 0 bridgehead atoms. The average molecular weight is 295 g/mol. The smallest absolute Gasteiger partial charge is 0.307 e. The molecule has 0 aromatic heterocycles. The summed E-state index contributed by atoms with van der Waals surface area (Å²) in [6.45, 7) is 4.00. The molecule has 0 saturated carbocycles. The molecule has 0 spiro atoms. The van der Waals surface area contributed by atoms with Crippen LogP contribution in [0, 0.1) is 11.3 Å². The second-order valence-electron chi connectivity index (χ2n) is 5.57. The van der Waals surface area contributed by atoms with E-state index in [4.69, 9.17) is 15.1 Å². The monoisotopic (exact) mass is 295 g/mol. The number of nitrogens with one attached hydrogen (secondary N) is 1. The van der Waals surface area contributed by atoms with Gasteiger partial charge in [0.15, 0.2) is 0 Å². The zero-order valence-corrected chi connectivity index (χ0v) is 12.2. The Morgan fingerprint density at radius 3 is 2.38 bits per heavy atom. The first-order valence-electron chi connectivity index (χ1n) is 6.66. The zero-order valence-electron chi connectivity index (χ0n) is 12.2. The molecule has 0 radical (unpaired) electrons. The van der Waals surface area contributed by atoms with Gasteiger partial charge in [-0.3, -0.25) is 14.4 Å². The van der Waals surface area contributed by atoms with Crippen LogP contribution in [-0.2, 0) is 21.0 Å². The van der Waals surface area contributed by atoms with E-state index in [0.717, 1.165) is 5.56 Å². The number of rotatable bonds is 9. The van der Waals surface area contributed by atoms with Gasteiger partial charge < -0.3 is 10.2 Å². The van der Waals surface area contributed by atoms with Gasteiger partial charge in [0, 0.05) is 6.54 Å². The van der Waals surface area contributed by atoms with E-state index in [2.05, 4.69) is 5.48 Å². The molecule has 0 aliphatic rings. The number of hydrogen-bond acceptors (Lipinski definition) is 4. The van der Waals surface area contributed by atoms with Gasteiger partial charge in [-0.25, -0.2) is 5.48 Å². The Labute approximate surface area is 123 Å². The first-order chi connectivity index (χ1) is 9.83. The third kappa shape index (κ3) is 5.93. The van der Waals surface area contributed by atoms with Gasteiger partial charge in [0.05, 0.1) is 18.9 Å². The number of hydrogen-bond donors (Lipinski definition) is 3. The minimum Gasteiger partial charge on any atom is -0.481 e. The summed E-state index contributed by atoms with van der Waals surface area (Å²) in [5.74, 6) is -3.23. The fourth-order valence-electron chi connectivity index (χ4n) is 1.94. The lowest BCUT2D eigenvalue weighted by Crippen LogP contribution is -2.40. The van der Waals surface area contributed by atoms with E-state index >= 15 is 0 Å². The van der Waals surface area contributed by atoms with E-state index in [1.165, 1.54) is 0 Å². The maximum atomic E-state index is 11.2. The van der Waals surface area contributed by atoms with Crippen molar-refractivity contribution in [3.63, 3.8) is 0 Å². The van der Waals surface area contributed by atoms with Gasteiger partial charge in [0.1, 0.15) is 0 Å². The molecule has 1 unspecified atom stereocenters. The number of hydroxylamine groups is 1. The van der Waals surface area contributed by atoms with Crippen LogP contribution >= 0.6 is 0 Å². The van der Waals surface area contributed by atoms with E-state index in [9.17, 15) is 9.59 Å². The lowest BCUT2D eigenvalue weighted by Gasteiger charge is -2.30. The molecule has 1 aromatic carbocycles. The first kappa shape index (κ1) is 17.1. The summed E-state index contributed by atoms with van der Waals surface area (Å²) in [5.41, 5.74) is 2.97. The Balaban J connectivity index is 2.47. The van der Waals surface area contributed by atoms with Crippen LogP contribution in [0.4, 0.5) is 0 Å². The molecule has 6 nitrogen and oxygen atoms in total. The molecule has 1 atom stereocenters. The van der Waals surface area contributed by atoms with E-state index in [-0.39, 0.29) is 6.54 Å².